The standard InChI is InChI=1S/C9H8F4OS/c10-8(11)7(14)5-1-3-6(4-2-5)15-9(12)13/h1-4,7-9,14H. The van der Waals surface area contributed by atoms with Gasteiger partial charge in [-0.25, -0.2) is 8.78 Å². The zero-order chi connectivity index (χ0) is 11.4. The number of benzene rings is 1. The Morgan fingerprint density at radius 2 is 1.53 bits per heavy atom. The molecule has 0 heterocycles. The average molecular weight is 240 g/mol. The van der Waals surface area contributed by atoms with Crippen LogP contribution in [0.1, 0.15) is 11.7 Å². The topological polar surface area (TPSA) is 20.2 Å². The van der Waals surface area contributed by atoms with Gasteiger partial charge < -0.3 is 5.11 Å². The first-order valence-electron chi connectivity index (χ1n) is 4.01. The van der Waals surface area contributed by atoms with Gasteiger partial charge >= 0.3 is 0 Å². The molecular formula is C9H8F4OS. The van der Waals surface area contributed by atoms with Crippen LogP contribution in [0.4, 0.5) is 17.6 Å². The Morgan fingerprint density at radius 3 is 1.93 bits per heavy atom. The summed E-state index contributed by atoms with van der Waals surface area (Å²) in [4.78, 5) is 0.273. The van der Waals surface area contributed by atoms with Crippen LogP contribution >= 0.6 is 11.8 Å². The van der Waals surface area contributed by atoms with E-state index in [2.05, 4.69) is 0 Å². The van der Waals surface area contributed by atoms with Crippen LogP contribution in [0.5, 0.6) is 0 Å². The van der Waals surface area contributed by atoms with E-state index < -0.39 is 18.3 Å². The van der Waals surface area contributed by atoms with Crippen LogP contribution in [0.2, 0.25) is 0 Å². The van der Waals surface area contributed by atoms with E-state index in [0.29, 0.717) is 11.8 Å². The summed E-state index contributed by atoms with van der Waals surface area (Å²) in [5.74, 6) is -2.55. The predicted molar refractivity (Wildman–Crippen MR) is 49.3 cm³/mol. The molecule has 1 atom stereocenters. The summed E-state index contributed by atoms with van der Waals surface area (Å²) in [5.41, 5.74) is 0.0172. The first-order chi connectivity index (χ1) is 7.00. The van der Waals surface area contributed by atoms with Gasteiger partial charge in [0.25, 0.3) is 12.2 Å². The molecule has 0 aliphatic rings. The van der Waals surface area contributed by atoms with Gasteiger partial charge in [0.1, 0.15) is 6.10 Å². The quantitative estimate of drug-likeness (QED) is 0.643. The van der Waals surface area contributed by atoms with Gasteiger partial charge in [-0.05, 0) is 17.7 Å². The minimum Gasteiger partial charge on any atom is -0.382 e. The number of hydrogen-bond donors (Lipinski definition) is 1. The highest BCUT2D eigenvalue weighted by Crippen LogP contribution is 2.27. The van der Waals surface area contributed by atoms with Crippen molar-refractivity contribution in [2.45, 2.75) is 23.2 Å². The molecule has 0 aliphatic heterocycles. The molecule has 1 aromatic rings. The molecule has 0 radical (unpaired) electrons. The van der Waals surface area contributed by atoms with Crippen molar-refractivity contribution in [3.05, 3.63) is 29.8 Å². The lowest BCUT2D eigenvalue weighted by molar-refractivity contribution is -0.00580. The van der Waals surface area contributed by atoms with Gasteiger partial charge in [0, 0.05) is 4.90 Å². The molecule has 0 spiro atoms. The zero-order valence-corrected chi connectivity index (χ0v) is 8.23. The Kier molecular flexibility index (Phi) is 4.41. The number of halogens is 4. The molecule has 0 saturated heterocycles. The molecule has 15 heavy (non-hydrogen) atoms. The Morgan fingerprint density at radius 1 is 1.00 bits per heavy atom. The van der Waals surface area contributed by atoms with Gasteiger partial charge in [0.15, 0.2) is 0 Å². The molecule has 1 aromatic carbocycles. The van der Waals surface area contributed by atoms with E-state index in [1.807, 2.05) is 0 Å². The van der Waals surface area contributed by atoms with Gasteiger partial charge in [0.2, 0.25) is 0 Å². The van der Waals surface area contributed by atoms with Crippen LogP contribution in [0.3, 0.4) is 0 Å². The second-order valence-electron chi connectivity index (χ2n) is 2.73. The molecule has 84 valence electrons. The number of aliphatic hydroxyl groups is 1. The van der Waals surface area contributed by atoms with Crippen LogP contribution in [-0.4, -0.2) is 17.3 Å². The van der Waals surface area contributed by atoms with E-state index in [0.717, 1.165) is 0 Å². The Hall–Kier alpha value is -0.750. The molecule has 0 amide bonds. The maximum atomic E-state index is 12.0. The molecular weight excluding hydrogens is 232 g/mol. The van der Waals surface area contributed by atoms with E-state index in [1.165, 1.54) is 24.3 Å². The lowest BCUT2D eigenvalue weighted by Crippen LogP contribution is -2.07. The van der Waals surface area contributed by atoms with Crippen molar-refractivity contribution < 1.29 is 22.7 Å². The van der Waals surface area contributed by atoms with E-state index in [4.69, 9.17) is 5.11 Å². The Balaban J connectivity index is 2.72. The largest absolute Gasteiger partial charge is 0.382 e. The Bertz CT molecular complexity index is 301. The summed E-state index contributed by atoms with van der Waals surface area (Å²) in [6.45, 7) is 0. The van der Waals surface area contributed by atoms with Crippen LogP contribution in [0, 0.1) is 0 Å². The molecule has 0 aromatic heterocycles. The normalized spacial score (nSPS) is 13.5. The van der Waals surface area contributed by atoms with Gasteiger partial charge in [-0.3, -0.25) is 0 Å². The molecule has 0 aliphatic carbocycles. The minimum atomic E-state index is -2.88. The van der Waals surface area contributed by atoms with Crippen LogP contribution in [0.25, 0.3) is 0 Å². The molecule has 0 fully saturated rings. The number of aliphatic hydroxyl groups excluding tert-OH is 1. The van der Waals surface area contributed by atoms with Crippen LogP contribution < -0.4 is 0 Å². The SMILES string of the molecule is OC(c1ccc(SC(F)F)cc1)C(F)F. The van der Waals surface area contributed by atoms with Crippen LogP contribution in [0.15, 0.2) is 29.2 Å². The Labute approximate surface area is 88.1 Å². The molecule has 1 rings (SSSR count). The zero-order valence-electron chi connectivity index (χ0n) is 7.41. The van der Waals surface area contributed by atoms with Crippen molar-refractivity contribution in [3.63, 3.8) is 0 Å². The van der Waals surface area contributed by atoms with Crippen molar-refractivity contribution in [2.24, 2.45) is 0 Å². The summed E-state index contributed by atoms with van der Waals surface area (Å²) in [6.07, 6.45) is -4.74. The molecule has 1 N–H and O–H groups in total. The lowest BCUT2D eigenvalue weighted by atomic mass is 10.1. The van der Waals surface area contributed by atoms with Crippen molar-refractivity contribution in [3.8, 4) is 0 Å². The van der Waals surface area contributed by atoms with Crippen molar-refractivity contribution in [1.29, 1.82) is 0 Å². The maximum Gasteiger partial charge on any atom is 0.288 e. The average Bonchev–Trinajstić information content (AvgIpc) is 2.17. The second kappa shape index (κ2) is 5.37. The summed E-state index contributed by atoms with van der Waals surface area (Å²) in [6, 6.07) is 4.97. The molecule has 6 heteroatoms. The first-order valence-corrected chi connectivity index (χ1v) is 4.89. The van der Waals surface area contributed by atoms with Gasteiger partial charge in [0.05, 0.1) is 0 Å². The van der Waals surface area contributed by atoms with E-state index in [-0.39, 0.29) is 10.5 Å². The molecule has 0 saturated carbocycles. The monoisotopic (exact) mass is 240 g/mol. The third-order valence-electron chi connectivity index (χ3n) is 1.69. The van der Waals surface area contributed by atoms with Gasteiger partial charge in [-0.15, -0.1) is 0 Å². The van der Waals surface area contributed by atoms with Crippen molar-refractivity contribution in [2.75, 3.05) is 0 Å². The summed E-state index contributed by atoms with van der Waals surface area (Å²) in [7, 11) is 0. The highest BCUT2D eigenvalue weighted by molar-refractivity contribution is 7.99. The minimum absolute atomic E-state index is 0.0172. The van der Waals surface area contributed by atoms with Gasteiger partial charge in [-0.1, -0.05) is 23.9 Å². The lowest BCUT2D eigenvalue weighted by Gasteiger charge is -2.09. The third-order valence-corrected chi connectivity index (χ3v) is 2.41. The van der Waals surface area contributed by atoms with Crippen LogP contribution in [-0.2, 0) is 0 Å². The number of hydrogen-bond acceptors (Lipinski definition) is 2. The second-order valence-corrected chi connectivity index (χ2v) is 3.79. The first kappa shape index (κ1) is 12.3. The smallest absolute Gasteiger partial charge is 0.288 e. The fourth-order valence-corrected chi connectivity index (χ4v) is 1.49. The third kappa shape index (κ3) is 3.71. The van der Waals surface area contributed by atoms with Gasteiger partial charge in [-0.2, -0.15) is 8.78 Å². The summed E-state index contributed by atoms with van der Waals surface area (Å²) < 4.78 is 47.9. The highest BCUT2D eigenvalue weighted by atomic mass is 32.2. The number of rotatable bonds is 4. The summed E-state index contributed by atoms with van der Waals surface area (Å²) in [5, 5.41) is 8.97. The highest BCUT2D eigenvalue weighted by Gasteiger charge is 2.18. The molecule has 1 nitrogen and oxygen atoms in total. The fourth-order valence-electron chi connectivity index (χ4n) is 0.992. The number of thioether (sulfide) groups is 1. The van der Waals surface area contributed by atoms with Crippen molar-refractivity contribution in [1.82, 2.24) is 0 Å². The van der Waals surface area contributed by atoms with E-state index in [9.17, 15) is 17.6 Å². The number of alkyl halides is 4. The van der Waals surface area contributed by atoms with E-state index in [1.54, 1.807) is 0 Å². The summed E-state index contributed by atoms with van der Waals surface area (Å²) >= 11 is 0.325. The maximum absolute atomic E-state index is 12.0. The fraction of sp³-hybridized carbons (Fsp3) is 0.333. The molecule has 1 unspecified atom stereocenters. The van der Waals surface area contributed by atoms with Crippen molar-refractivity contribution >= 4 is 11.8 Å². The molecule has 0 bridgehead atoms. The predicted octanol–water partition coefficient (Wildman–Crippen LogP) is 3.30. The van der Waals surface area contributed by atoms with E-state index >= 15 is 0 Å².